The van der Waals surface area contributed by atoms with E-state index in [1.165, 1.54) is 11.8 Å². The van der Waals surface area contributed by atoms with Crippen LogP contribution in [-0.2, 0) is 10.5 Å². The Labute approximate surface area is 181 Å². The number of ether oxygens (including phenoxy) is 1. The lowest BCUT2D eigenvalue weighted by Crippen LogP contribution is -2.44. The number of rotatable bonds is 10. The number of aryl methyl sites for hydroxylation is 2. The van der Waals surface area contributed by atoms with Crippen LogP contribution in [0.3, 0.4) is 0 Å². The molecule has 2 rings (SSSR count). The van der Waals surface area contributed by atoms with Crippen LogP contribution in [-0.4, -0.2) is 41.3 Å². The minimum Gasteiger partial charge on any atom is -0.450 e. The Morgan fingerprint density at radius 3 is 2.70 bits per heavy atom. The number of hydrogen-bond donors (Lipinski definition) is 2. The predicted octanol–water partition coefficient (Wildman–Crippen LogP) is 3.87. The molecule has 2 aromatic rings. The summed E-state index contributed by atoms with van der Waals surface area (Å²) in [6.45, 7) is 10.2. The van der Waals surface area contributed by atoms with Crippen LogP contribution in [0, 0.1) is 19.8 Å². The maximum atomic E-state index is 12.8. The summed E-state index contributed by atoms with van der Waals surface area (Å²) in [6, 6.07) is 3.26. The van der Waals surface area contributed by atoms with Crippen LogP contribution in [0.5, 0.6) is 0 Å². The zero-order valence-electron chi connectivity index (χ0n) is 18.2. The summed E-state index contributed by atoms with van der Waals surface area (Å²) >= 11 is 1.46. The van der Waals surface area contributed by atoms with Gasteiger partial charge in [-0.2, -0.15) is 0 Å². The second kappa shape index (κ2) is 11.6. The molecular weight excluding hydrogens is 404 g/mol. The van der Waals surface area contributed by atoms with Crippen molar-refractivity contribution in [3.63, 3.8) is 0 Å². The first-order valence-corrected chi connectivity index (χ1v) is 11.0. The minimum absolute atomic E-state index is 0.219. The lowest BCUT2D eigenvalue weighted by molar-refractivity contribution is 0.0941. The minimum atomic E-state index is -0.477. The van der Waals surface area contributed by atoms with E-state index in [-0.39, 0.29) is 11.9 Å². The number of pyridine rings is 1. The summed E-state index contributed by atoms with van der Waals surface area (Å²) in [5.41, 5.74) is 2.34. The first-order chi connectivity index (χ1) is 14.3. The number of aromatic nitrogens is 2. The monoisotopic (exact) mass is 434 g/mol. The fourth-order valence-corrected chi connectivity index (χ4v) is 4.08. The number of nitrogens with one attached hydrogen (secondary N) is 2. The summed E-state index contributed by atoms with van der Waals surface area (Å²) in [5.74, 6) is 1.50. The third-order valence-electron chi connectivity index (χ3n) is 4.41. The van der Waals surface area contributed by atoms with Crippen molar-refractivity contribution in [2.75, 3.05) is 13.2 Å². The highest BCUT2D eigenvalue weighted by atomic mass is 32.2. The number of hydrogen-bond acceptors (Lipinski definition) is 7. The number of amides is 2. The zero-order valence-corrected chi connectivity index (χ0v) is 19.0. The third kappa shape index (κ3) is 7.05. The van der Waals surface area contributed by atoms with E-state index >= 15 is 0 Å². The number of alkyl carbamates (subject to hydrolysis) is 1. The van der Waals surface area contributed by atoms with Crippen molar-refractivity contribution < 1.29 is 18.8 Å². The molecule has 9 heteroatoms. The fraction of sp³-hybridized carbons (Fsp3) is 0.524. The fourth-order valence-electron chi connectivity index (χ4n) is 2.94. The molecule has 2 heterocycles. The van der Waals surface area contributed by atoms with Crippen molar-refractivity contribution in [1.29, 1.82) is 0 Å². The average Bonchev–Trinajstić information content (AvgIpc) is 3.02. The Kier molecular flexibility index (Phi) is 9.16. The molecule has 1 unspecified atom stereocenters. The maximum absolute atomic E-state index is 12.8. The van der Waals surface area contributed by atoms with Crippen molar-refractivity contribution in [3.05, 3.63) is 40.9 Å². The van der Waals surface area contributed by atoms with Gasteiger partial charge in [-0.05, 0) is 45.2 Å². The Hall–Kier alpha value is -2.55. The van der Waals surface area contributed by atoms with Gasteiger partial charge in [-0.25, -0.2) is 9.78 Å². The summed E-state index contributed by atoms with van der Waals surface area (Å²) in [4.78, 5) is 29.0. The van der Waals surface area contributed by atoms with Gasteiger partial charge in [-0.15, -0.1) is 11.8 Å². The number of thioether (sulfide) groups is 1. The first kappa shape index (κ1) is 23.7. The van der Waals surface area contributed by atoms with E-state index in [9.17, 15) is 9.59 Å². The van der Waals surface area contributed by atoms with Crippen LogP contribution >= 0.6 is 11.8 Å². The largest absolute Gasteiger partial charge is 0.450 e. The highest BCUT2D eigenvalue weighted by molar-refractivity contribution is 7.98. The normalized spacial score (nSPS) is 11.9. The highest BCUT2D eigenvalue weighted by Gasteiger charge is 2.19. The van der Waals surface area contributed by atoms with Crippen LogP contribution < -0.4 is 10.6 Å². The van der Waals surface area contributed by atoms with Gasteiger partial charge in [-0.1, -0.05) is 19.0 Å². The molecule has 2 N–H and O–H groups in total. The second-order valence-corrected chi connectivity index (χ2v) is 8.31. The Morgan fingerprint density at radius 2 is 2.07 bits per heavy atom. The standard InChI is InChI=1S/C21H30N4O4S/c1-6-28-21(27)24-16(10-13(2)3)11-23-19(26)17-8-7-9-22-20(17)30-12-18-14(4)25-29-15(18)5/h7-9,13,16H,6,10-12H2,1-5H3,(H,23,26)(H,24,27). The van der Waals surface area contributed by atoms with Crippen LogP contribution in [0.25, 0.3) is 0 Å². The molecular formula is C21H30N4O4S. The van der Waals surface area contributed by atoms with Crippen LogP contribution in [0.15, 0.2) is 27.9 Å². The quantitative estimate of drug-likeness (QED) is 0.547. The van der Waals surface area contributed by atoms with E-state index in [0.29, 0.717) is 35.4 Å². The SMILES string of the molecule is CCOC(=O)NC(CNC(=O)c1cccnc1SCc1c(C)noc1C)CC(C)C. The molecule has 0 aliphatic carbocycles. The van der Waals surface area contributed by atoms with Crippen molar-refractivity contribution in [2.45, 2.75) is 57.9 Å². The zero-order chi connectivity index (χ0) is 22.1. The molecule has 164 valence electrons. The molecule has 2 aromatic heterocycles. The lowest BCUT2D eigenvalue weighted by Gasteiger charge is -2.21. The third-order valence-corrected chi connectivity index (χ3v) is 5.44. The Balaban J connectivity index is 2.02. The molecule has 8 nitrogen and oxygen atoms in total. The summed E-state index contributed by atoms with van der Waals surface area (Å²) in [6.07, 6.45) is 1.91. The molecule has 1 atom stereocenters. The van der Waals surface area contributed by atoms with Gasteiger partial charge >= 0.3 is 6.09 Å². The molecule has 2 amide bonds. The van der Waals surface area contributed by atoms with Gasteiger partial charge in [-0.3, -0.25) is 4.79 Å². The average molecular weight is 435 g/mol. The van der Waals surface area contributed by atoms with Gasteiger partial charge in [0, 0.05) is 30.1 Å². The molecule has 0 bridgehead atoms. The molecule has 0 saturated carbocycles. The van der Waals surface area contributed by atoms with E-state index in [4.69, 9.17) is 9.26 Å². The van der Waals surface area contributed by atoms with E-state index in [2.05, 4.69) is 34.6 Å². The molecule has 0 fully saturated rings. The van der Waals surface area contributed by atoms with E-state index < -0.39 is 6.09 Å². The van der Waals surface area contributed by atoms with Gasteiger partial charge < -0.3 is 19.9 Å². The Morgan fingerprint density at radius 1 is 1.30 bits per heavy atom. The topological polar surface area (TPSA) is 106 Å². The van der Waals surface area contributed by atoms with Crippen molar-refractivity contribution in [1.82, 2.24) is 20.8 Å². The summed E-state index contributed by atoms with van der Waals surface area (Å²) in [7, 11) is 0. The maximum Gasteiger partial charge on any atom is 0.407 e. The van der Waals surface area contributed by atoms with Gasteiger partial charge in [0.1, 0.15) is 10.8 Å². The molecule has 0 aromatic carbocycles. The number of carbonyl (C=O) groups excluding carboxylic acids is 2. The first-order valence-electron chi connectivity index (χ1n) is 10.0. The summed E-state index contributed by atoms with van der Waals surface area (Å²) in [5, 5.41) is 10.3. The second-order valence-electron chi connectivity index (χ2n) is 7.35. The van der Waals surface area contributed by atoms with Crippen molar-refractivity contribution in [2.24, 2.45) is 5.92 Å². The van der Waals surface area contributed by atoms with E-state index in [1.54, 1.807) is 25.3 Å². The molecule has 0 radical (unpaired) electrons. The van der Waals surface area contributed by atoms with Crippen molar-refractivity contribution in [3.8, 4) is 0 Å². The van der Waals surface area contributed by atoms with Gasteiger partial charge in [0.15, 0.2) is 0 Å². The molecule has 0 spiro atoms. The number of nitrogens with zero attached hydrogens (tertiary/aromatic N) is 2. The van der Waals surface area contributed by atoms with Crippen LogP contribution in [0.1, 0.15) is 54.6 Å². The molecule has 0 aliphatic rings. The van der Waals surface area contributed by atoms with Gasteiger partial charge in [0.05, 0.1) is 17.9 Å². The van der Waals surface area contributed by atoms with Crippen LogP contribution in [0.4, 0.5) is 4.79 Å². The van der Waals surface area contributed by atoms with E-state index in [0.717, 1.165) is 23.4 Å². The molecule has 30 heavy (non-hydrogen) atoms. The highest BCUT2D eigenvalue weighted by Crippen LogP contribution is 2.27. The van der Waals surface area contributed by atoms with Crippen LogP contribution in [0.2, 0.25) is 0 Å². The smallest absolute Gasteiger partial charge is 0.407 e. The lowest BCUT2D eigenvalue weighted by atomic mass is 10.0. The summed E-state index contributed by atoms with van der Waals surface area (Å²) < 4.78 is 10.2. The van der Waals surface area contributed by atoms with Gasteiger partial charge in [0.2, 0.25) is 0 Å². The van der Waals surface area contributed by atoms with Gasteiger partial charge in [0.25, 0.3) is 5.91 Å². The Bertz CT molecular complexity index is 834. The predicted molar refractivity (Wildman–Crippen MR) is 116 cm³/mol. The van der Waals surface area contributed by atoms with E-state index in [1.807, 2.05) is 13.8 Å². The number of carbonyl (C=O) groups is 2. The molecule has 0 saturated heterocycles. The molecule has 0 aliphatic heterocycles. The van der Waals surface area contributed by atoms with Crippen molar-refractivity contribution >= 4 is 23.8 Å².